The molecule has 0 aliphatic rings. The van der Waals surface area contributed by atoms with Crippen LogP contribution in [0.5, 0.6) is 0 Å². The maximum atomic E-state index is 6.68. The highest BCUT2D eigenvalue weighted by Crippen LogP contribution is 2.49. The largest absolute Gasteiger partial charge is 0.292 e. The first-order valence-corrected chi connectivity index (χ1v) is 15.8. The van der Waals surface area contributed by atoms with Crippen LogP contribution in [0.1, 0.15) is 0 Å². The van der Waals surface area contributed by atoms with E-state index in [9.17, 15) is 0 Å². The first-order chi connectivity index (χ1) is 20.7. The van der Waals surface area contributed by atoms with Crippen molar-refractivity contribution in [1.82, 2.24) is 14.5 Å². The van der Waals surface area contributed by atoms with Crippen molar-refractivity contribution in [2.45, 2.75) is 0 Å². The zero-order chi connectivity index (χ0) is 27.5. The molecule has 6 aromatic carbocycles. The Morgan fingerprint density at radius 2 is 1.21 bits per heavy atom. The van der Waals surface area contributed by atoms with Crippen LogP contribution in [0.3, 0.4) is 0 Å². The number of hydrogen-bond donors (Lipinski definition) is 0. The third-order valence-electron chi connectivity index (χ3n) is 8.52. The zero-order valence-electron chi connectivity index (χ0n) is 21.9. The molecule has 0 atom stereocenters. The second-order valence-corrected chi connectivity index (χ2v) is 13.1. The quantitative estimate of drug-likeness (QED) is 0.178. The van der Waals surface area contributed by atoms with Crippen LogP contribution in [-0.4, -0.2) is 14.5 Å². The molecule has 4 heterocycles. The number of aromatic nitrogens is 3. The van der Waals surface area contributed by atoms with E-state index in [2.05, 4.69) is 119 Å². The highest BCUT2D eigenvalue weighted by molar-refractivity contribution is 7.27. The smallest absolute Gasteiger partial charge is 0.225 e. The summed E-state index contributed by atoms with van der Waals surface area (Å²) in [6.07, 6.45) is 0. The van der Waals surface area contributed by atoms with Crippen molar-refractivity contribution in [2.75, 3.05) is 0 Å². The van der Waals surface area contributed by atoms with Crippen LogP contribution in [0, 0.1) is 0 Å². The summed E-state index contributed by atoms with van der Waals surface area (Å²) in [4.78, 5) is 10.6. The highest BCUT2D eigenvalue weighted by atomic mass is 35.5. The van der Waals surface area contributed by atoms with E-state index >= 15 is 0 Å². The Morgan fingerprint density at radius 1 is 0.548 bits per heavy atom. The van der Waals surface area contributed by atoms with E-state index in [4.69, 9.17) is 16.6 Å². The van der Waals surface area contributed by atoms with E-state index in [-0.39, 0.29) is 5.28 Å². The van der Waals surface area contributed by atoms with Crippen LogP contribution in [0.2, 0.25) is 5.28 Å². The fraction of sp³-hybridized carbons (Fsp3) is 0. The molecule has 6 heteroatoms. The average Bonchev–Trinajstić information content (AvgIpc) is 3.69. The van der Waals surface area contributed by atoms with Gasteiger partial charge in [0, 0.05) is 36.3 Å². The summed E-state index contributed by atoms with van der Waals surface area (Å²) < 4.78 is 6.07. The van der Waals surface area contributed by atoms with Gasteiger partial charge in [-0.15, -0.1) is 22.7 Å². The first kappa shape index (κ1) is 23.1. The number of halogens is 1. The van der Waals surface area contributed by atoms with Crippen molar-refractivity contribution in [2.24, 2.45) is 0 Å². The number of rotatable bonds is 1. The molecule has 0 amide bonds. The van der Waals surface area contributed by atoms with E-state index in [0.29, 0.717) is 0 Å². The van der Waals surface area contributed by atoms with Gasteiger partial charge in [0.1, 0.15) is 4.83 Å². The van der Waals surface area contributed by atoms with Crippen LogP contribution >= 0.6 is 34.3 Å². The van der Waals surface area contributed by atoms with Crippen molar-refractivity contribution in [1.29, 1.82) is 0 Å². The predicted octanol–water partition coefficient (Wildman–Crippen LogP) is 11.3. The second-order valence-electron chi connectivity index (χ2n) is 10.7. The van der Waals surface area contributed by atoms with Gasteiger partial charge < -0.3 is 0 Å². The topological polar surface area (TPSA) is 30.7 Å². The maximum Gasteiger partial charge on any atom is 0.225 e. The van der Waals surface area contributed by atoms with Crippen molar-refractivity contribution >= 4 is 118 Å². The molecule has 0 bridgehead atoms. The Labute approximate surface area is 251 Å². The van der Waals surface area contributed by atoms with E-state index in [1.807, 2.05) is 11.3 Å². The Morgan fingerprint density at radius 3 is 2.05 bits per heavy atom. The van der Waals surface area contributed by atoms with Gasteiger partial charge >= 0.3 is 0 Å². The lowest BCUT2D eigenvalue weighted by Crippen LogP contribution is -2.00. The van der Waals surface area contributed by atoms with E-state index in [1.165, 1.54) is 62.7 Å². The second kappa shape index (κ2) is 8.26. The molecule has 42 heavy (non-hydrogen) atoms. The van der Waals surface area contributed by atoms with E-state index < -0.39 is 0 Å². The van der Waals surface area contributed by atoms with Crippen LogP contribution < -0.4 is 0 Å². The molecule has 0 N–H and O–H groups in total. The summed E-state index contributed by atoms with van der Waals surface area (Å²) in [6, 6.07) is 39.3. The summed E-state index contributed by atoms with van der Waals surface area (Å²) in [5.74, 6) is 0.827. The van der Waals surface area contributed by atoms with E-state index in [1.54, 1.807) is 11.3 Å². The molecule has 4 aromatic heterocycles. The molecule has 196 valence electrons. The molecule has 10 rings (SSSR count). The van der Waals surface area contributed by atoms with Crippen LogP contribution in [-0.2, 0) is 0 Å². The number of thiophene rings is 2. The molecule has 0 aliphatic heterocycles. The summed E-state index contributed by atoms with van der Waals surface area (Å²) >= 11 is 10.2. The Balaban J connectivity index is 1.52. The normalized spacial score (nSPS) is 12.4. The number of fused-ring (bicyclic) bond motifs is 14. The highest BCUT2D eigenvalue weighted by Gasteiger charge is 2.24. The Kier molecular flexibility index (Phi) is 4.54. The van der Waals surface area contributed by atoms with Gasteiger partial charge in [-0.25, -0.2) is 4.98 Å². The maximum absolute atomic E-state index is 6.68. The van der Waals surface area contributed by atoms with Gasteiger partial charge in [-0.05, 0) is 57.4 Å². The summed E-state index contributed by atoms with van der Waals surface area (Å²) in [7, 11) is 0. The lowest BCUT2D eigenvalue weighted by molar-refractivity contribution is 1.08. The number of para-hydroxylation sites is 1. The molecule has 10 aromatic rings. The Bertz CT molecular complexity index is 2770. The Hall–Kier alpha value is -4.55. The van der Waals surface area contributed by atoms with Gasteiger partial charge in [0.15, 0.2) is 5.82 Å². The fourth-order valence-electron chi connectivity index (χ4n) is 6.82. The first-order valence-electron chi connectivity index (χ1n) is 13.8. The molecular weight excluding hydrogens is 574 g/mol. The number of benzene rings is 6. The predicted molar refractivity (Wildman–Crippen MR) is 182 cm³/mol. The summed E-state index contributed by atoms with van der Waals surface area (Å²) in [6.45, 7) is 0. The number of nitrogens with zero attached hydrogens (tertiary/aromatic N) is 3. The van der Waals surface area contributed by atoms with Gasteiger partial charge in [0.25, 0.3) is 0 Å². The molecule has 3 nitrogen and oxygen atoms in total. The summed E-state index contributed by atoms with van der Waals surface area (Å²) in [5, 5.41) is 12.5. The number of hydrogen-bond acceptors (Lipinski definition) is 4. The van der Waals surface area contributed by atoms with Crippen molar-refractivity contribution in [3.05, 3.63) is 114 Å². The molecule has 0 spiro atoms. The van der Waals surface area contributed by atoms with Crippen LogP contribution in [0.15, 0.2) is 109 Å². The van der Waals surface area contributed by atoms with Gasteiger partial charge in [-0.3, -0.25) is 4.57 Å². The minimum atomic E-state index is 0.259. The monoisotopic (exact) mass is 591 g/mol. The van der Waals surface area contributed by atoms with Crippen LogP contribution in [0.4, 0.5) is 0 Å². The molecule has 0 radical (unpaired) electrons. The van der Waals surface area contributed by atoms with Crippen molar-refractivity contribution in [3.63, 3.8) is 0 Å². The molecule has 0 saturated heterocycles. The molecular formula is C36H18ClN3S2. The van der Waals surface area contributed by atoms with Crippen LogP contribution in [0.25, 0.3) is 89.6 Å². The minimum absolute atomic E-state index is 0.259. The third-order valence-corrected chi connectivity index (χ3v) is 10.9. The summed E-state index contributed by atoms with van der Waals surface area (Å²) in [5.41, 5.74) is 2.28. The van der Waals surface area contributed by atoms with Gasteiger partial charge in [-0.2, -0.15) is 4.98 Å². The average molecular weight is 592 g/mol. The minimum Gasteiger partial charge on any atom is -0.292 e. The lowest BCUT2D eigenvalue weighted by Gasteiger charge is -2.11. The van der Waals surface area contributed by atoms with Crippen molar-refractivity contribution < 1.29 is 0 Å². The molecule has 0 saturated carbocycles. The molecule has 0 fully saturated rings. The third kappa shape index (κ3) is 2.95. The van der Waals surface area contributed by atoms with E-state index in [0.717, 1.165) is 26.9 Å². The van der Waals surface area contributed by atoms with Crippen molar-refractivity contribution in [3.8, 4) is 5.82 Å². The van der Waals surface area contributed by atoms with Gasteiger partial charge in [0.2, 0.25) is 5.28 Å². The SMILES string of the molecule is Clc1nc(-n2c3ccccc3c3c4ccccc4c4c5cc6ccccc6cc5sc4c32)c2c(n1)sc1ccccc12. The lowest BCUT2D eigenvalue weighted by atomic mass is 9.98. The standard InChI is InChI=1S/C36H18ClN3S2/c37-36-38-34(31-24-14-6-8-16-27(24)42-35(31)39-36)40-26-15-7-5-13-23(26)29-21-11-3-4-12-22(21)30-25-17-19-9-1-2-10-20(19)18-28(25)41-33(30)32(29)40/h1-18H. The molecule has 0 aliphatic carbocycles. The molecule has 0 unspecified atom stereocenters. The van der Waals surface area contributed by atoms with Gasteiger partial charge in [-0.1, -0.05) is 84.9 Å². The fourth-order valence-corrected chi connectivity index (χ4v) is 9.40. The zero-order valence-corrected chi connectivity index (χ0v) is 24.3. The van der Waals surface area contributed by atoms with Gasteiger partial charge in [0.05, 0.1) is 21.1 Å².